The van der Waals surface area contributed by atoms with Gasteiger partial charge in [0.2, 0.25) is 0 Å². The van der Waals surface area contributed by atoms with Crippen LogP contribution in [-0.2, 0) is 9.53 Å². The number of ether oxygens (including phenoxy) is 1. The topological polar surface area (TPSA) is 82.6 Å². The van der Waals surface area contributed by atoms with E-state index in [2.05, 4.69) is 36.3 Å². The highest BCUT2D eigenvalue weighted by Gasteiger charge is 2.18. The highest BCUT2D eigenvalue weighted by atomic mass is 16.5. The summed E-state index contributed by atoms with van der Waals surface area (Å²) in [6, 6.07) is 9.53. The van der Waals surface area contributed by atoms with E-state index in [1.54, 1.807) is 0 Å². The molecule has 1 aliphatic heterocycles. The van der Waals surface area contributed by atoms with Crippen molar-refractivity contribution in [3.05, 3.63) is 42.2 Å². The van der Waals surface area contributed by atoms with E-state index >= 15 is 0 Å². The van der Waals surface area contributed by atoms with Gasteiger partial charge in [-0.05, 0) is 31.2 Å². The Labute approximate surface area is 177 Å². The zero-order valence-corrected chi connectivity index (χ0v) is 17.3. The molecule has 1 aromatic carbocycles. The van der Waals surface area contributed by atoms with E-state index in [1.165, 1.54) is 13.4 Å². The van der Waals surface area contributed by atoms with Crippen molar-refractivity contribution in [2.45, 2.75) is 6.42 Å². The summed E-state index contributed by atoms with van der Waals surface area (Å²) < 4.78 is 4.73. The lowest BCUT2D eigenvalue weighted by Crippen LogP contribution is -2.48. The van der Waals surface area contributed by atoms with E-state index in [-0.39, 0.29) is 5.97 Å². The summed E-state index contributed by atoms with van der Waals surface area (Å²) >= 11 is 0. The van der Waals surface area contributed by atoms with Crippen molar-refractivity contribution in [1.82, 2.24) is 19.8 Å². The molecule has 158 valence electrons. The van der Waals surface area contributed by atoms with E-state index in [0.29, 0.717) is 12.4 Å². The lowest BCUT2D eigenvalue weighted by molar-refractivity contribution is -0.142. The van der Waals surface area contributed by atoms with Gasteiger partial charge in [-0.3, -0.25) is 9.69 Å². The molecule has 30 heavy (non-hydrogen) atoms. The highest BCUT2D eigenvalue weighted by Crippen LogP contribution is 2.17. The second-order valence-electron chi connectivity index (χ2n) is 7.11. The number of esters is 1. The lowest BCUT2D eigenvalue weighted by atomic mass is 10.2. The number of anilines is 3. The summed E-state index contributed by atoms with van der Waals surface area (Å²) in [6.45, 7) is 5.93. The number of nitrogens with zero attached hydrogens (tertiary/aromatic N) is 4. The number of carbonyl (C=O) groups excluding carboxylic acids is 1. The number of terminal acetylenes is 1. The molecule has 0 atom stereocenters. The lowest BCUT2D eigenvalue weighted by Gasteiger charge is -2.33. The number of piperazine rings is 1. The van der Waals surface area contributed by atoms with Crippen LogP contribution in [0.1, 0.15) is 12.0 Å². The number of hydrogen-bond acceptors (Lipinski definition) is 8. The fraction of sp³-hybridized carbons (Fsp3) is 0.409. The molecule has 1 saturated heterocycles. The molecular formula is C22H28N6O2. The number of carbonyl (C=O) groups is 1. The van der Waals surface area contributed by atoms with Gasteiger partial charge >= 0.3 is 5.97 Å². The summed E-state index contributed by atoms with van der Waals surface area (Å²) in [6.07, 6.45) is 8.00. The molecule has 3 rings (SSSR count). The first-order valence-corrected chi connectivity index (χ1v) is 10.1. The average Bonchev–Trinajstić information content (AvgIpc) is 2.78. The third kappa shape index (κ3) is 6.72. The predicted molar refractivity (Wildman–Crippen MR) is 118 cm³/mol. The second-order valence-corrected chi connectivity index (χ2v) is 7.11. The molecule has 0 amide bonds. The fourth-order valence-electron chi connectivity index (χ4n) is 3.29. The SMILES string of the molecule is C#Cc1cccc(Nc2cc(NCCCN3CCN(CC(=O)OC)CC3)ncn2)c1. The molecule has 1 aliphatic rings. The van der Waals surface area contributed by atoms with E-state index in [9.17, 15) is 4.79 Å². The predicted octanol–water partition coefficient (Wildman–Crippen LogP) is 1.79. The maximum atomic E-state index is 11.4. The summed E-state index contributed by atoms with van der Waals surface area (Å²) in [5, 5.41) is 6.60. The normalized spacial score (nSPS) is 14.7. The largest absolute Gasteiger partial charge is 0.468 e. The first kappa shape index (κ1) is 21.6. The fourth-order valence-corrected chi connectivity index (χ4v) is 3.29. The summed E-state index contributed by atoms with van der Waals surface area (Å²) in [4.78, 5) is 24.5. The molecule has 0 saturated carbocycles. The van der Waals surface area contributed by atoms with Crippen molar-refractivity contribution >= 4 is 23.3 Å². The zero-order valence-electron chi connectivity index (χ0n) is 17.3. The number of nitrogens with one attached hydrogen (secondary N) is 2. The van der Waals surface area contributed by atoms with E-state index < -0.39 is 0 Å². The van der Waals surface area contributed by atoms with Gasteiger partial charge < -0.3 is 20.3 Å². The van der Waals surface area contributed by atoms with Gasteiger partial charge in [-0.15, -0.1) is 6.42 Å². The van der Waals surface area contributed by atoms with E-state index in [1.807, 2.05) is 30.3 Å². The zero-order chi connectivity index (χ0) is 21.2. The van der Waals surface area contributed by atoms with Crippen LogP contribution in [0.4, 0.5) is 17.3 Å². The average molecular weight is 409 g/mol. The number of hydrogen-bond donors (Lipinski definition) is 2. The number of rotatable bonds is 9. The molecule has 2 aromatic rings. The van der Waals surface area contributed by atoms with E-state index in [4.69, 9.17) is 11.2 Å². The maximum Gasteiger partial charge on any atom is 0.319 e. The molecule has 8 nitrogen and oxygen atoms in total. The molecule has 1 fully saturated rings. The van der Waals surface area contributed by atoms with Crippen molar-refractivity contribution in [1.29, 1.82) is 0 Å². The molecule has 0 unspecified atom stereocenters. The monoisotopic (exact) mass is 408 g/mol. The second kappa shape index (κ2) is 11.1. The minimum absolute atomic E-state index is 0.171. The number of benzene rings is 1. The third-order valence-corrected chi connectivity index (χ3v) is 4.97. The minimum atomic E-state index is -0.171. The Morgan fingerprint density at radius 3 is 2.70 bits per heavy atom. The van der Waals surface area contributed by atoms with Gasteiger partial charge in [0.25, 0.3) is 0 Å². The summed E-state index contributed by atoms with van der Waals surface area (Å²) in [5.41, 5.74) is 1.71. The molecular weight excluding hydrogens is 380 g/mol. The molecule has 2 N–H and O–H groups in total. The first-order chi connectivity index (χ1) is 14.7. The van der Waals surface area contributed by atoms with Crippen LogP contribution >= 0.6 is 0 Å². The molecule has 1 aromatic heterocycles. The summed E-state index contributed by atoms with van der Waals surface area (Å²) in [5.74, 6) is 3.95. The quantitative estimate of drug-likeness (QED) is 0.369. The van der Waals surface area contributed by atoms with Gasteiger partial charge in [-0.2, -0.15) is 0 Å². The van der Waals surface area contributed by atoms with Gasteiger partial charge in [0.05, 0.1) is 13.7 Å². The third-order valence-electron chi connectivity index (χ3n) is 4.97. The number of aromatic nitrogens is 2. The summed E-state index contributed by atoms with van der Waals surface area (Å²) in [7, 11) is 1.43. The van der Waals surface area contributed by atoms with Gasteiger partial charge in [0.15, 0.2) is 0 Å². The van der Waals surface area contributed by atoms with E-state index in [0.717, 1.165) is 62.8 Å². The van der Waals surface area contributed by atoms with Crippen molar-refractivity contribution < 1.29 is 9.53 Å². The Hall–Kier alpha value is -3.15. The Bertz CT molecular complexity index is 874. The Kier molecular flexibility index (Phi) is 8.01. The first-order valence-electron chi connectivity index (χ1n) is 10.1. The molecule has 0 aliphatic carbocycles. The molecule has 0 radical (unpaired) electrons. The Balaban J connectivity index is 1.38. The smallest absolute Gasteiger partial charge is 0.319 e. The molecule has 8 heteroatoms. The Morgan fingerprint density at radius 1 is 1.17 bits per heavy atom. The van der Waals surface area contributed by atoms with Crippen LogP contribution in [0.15, 0.2) is 36.7 Å². The van der Waals surface area contributed by atoms with Crippen molar-refractivity contribution in [2.24, 2.45) is 0 Å². The van der Waals surface area contributed by atoms with Gasteiger partial charge in [0.1, 0.15) is 18.0 Å². The van der Waals surface area contributed by atoms with Crippen LogP contribution in [-0.4, -0.2) is 78.7 Å². The van der Waals surface area contributed by atoms with Crippen LogP contribution in [0.2, 0.25) is 0 Å². The molecule has 2 heterocycles. The van der Waals surface area contributed by atoms with Crippen LogP contribution in [0.3, 0.4) is 0 Å². The number of methoxy groups -OCH3 is 1. The van der Waals surface area contributed by atoms with Crippen molar-refractivity contribution in [3.8, 4) is 12.3 Å². The highest BCUT2D eigenvalue weighted by molar-refractivity contribution is 5.71. The van der Waals surface area contributed by atoms with Crippen LogP contribution in [0.25, 0.3) is 0 Å². The van der Waals surface area contributed by atoms with Crippen LogP contribution < -0.4 is 10.6 Å². The standard InChI is InChI=1S/C22H28N6O2/c1-3-18-6-4-7-19(14-18)26-21-15-20(24-17-25-21)23-8-5-9-27-10-12-28(13-11-27)16-22(29)30-2/h1,4,6-7,14-15,17H,5,8-13,16H2,2H3,(H2,23,24,25,26). The van der Waals surface area contributed by atoms with Crippen LogP contribution in [0, 0.1) is 12.3 Å². The Morgan fingerprint density at radius 2 is 1.93 bits per heavy atom. The van der Waals surface area contributed by atoms with Crippen molar-refractivity contribution in [3.63, 3.8) is 0 Å². The van der Waals surface area contributed by atoms with Gasteiger partial charge in [0, 0.05) is 50.0 Å². The molecule has 0 bridgehead atoms. The molecule has 0 spiro atoms. The minimum Gasteiger partial charge on any atom is -0.468 e. The van der Waals surface area contributed by atoms with Crippen LogP contribution in [0.5, 0.6) is 0 Å². The maximum absolute atomic E-state index is 11.4. The van der Waals surface area contributed by atoms with Gasteiger partial charge in [-0.25, -0.2) is 9.97 Å². The van der Waals surface area contributed by atoms with Crippen molar-refractivity contribution in [2.75, 3.05) is 63.6 Å². The van der Waals surface area contributed by atoms with Gasteiger partial charge in [-0.1, -0.05) is 12.0 Å².